The molecule has 70 valence electrons. The molecule has 5 heteroatoms. The van der Waals surface area contributed by atoms with Crippen LogP contribution in [0.25, 0.3) is 6.08 Å². The standard InChI is InChI=1S/C8H8F2N2O/c9-7(10)8-12-11-6(13-8)4-3-5-1-2-5/h3-5,7H,1-2H2/b4-3+. The van der Waals surface area contributed by atoms with Crippen molar-refractivity contribution < 1.29 is 13.2 Å². The molecule has 0 unspecified atom stereocenters. The van der Waals surface area contributed by atoms with Gasteiger partial charge in [0.25, 0.3) is 5.89 Å². The van der Waals surface area contributed by atoms with Crippen LogP contribution in [0.15, 0.2) is 10.5 Å². The lowest BCUT2D eigenvalue weighted by Crippen LogP contribution is -1.81. The first-order valence-electron chi connectivity index (χ1n) is 4.05. The highest BCUT2D eigenvalue weighted by Gasteiger charge is 2.18. The van der Waals surface area contributed by atoms with E-state index in [1.807, 2.05) is 6.08 Å². The molecule has 1 aromatic rings. The van der Waals surface area contributed by atoms with Crippen LogP contribution in [0.4, 0.5) is 8.78 Å². The Balaban J connectivity index is 2.03. The number of nitrogens with zero attached hydrogens (tertiary/aromatic N) is 2. The Labute approximate surface area is 73.5 Å². The largest absolute Gasteiger partial charge is 0.416 e. The first-order chi connectivity index (χ1) is 6.25. The Bertz CT molecular complexity index is 318. The summed E-state index contributed by atoms with van der Waals surface area (Å²) in [5.41, 5.74) is 0. The van der Waals surface area contributed by atoms with Crippen LogP contribution in [0.1, 0.15) is 31.0 Å². The summed E-state index contributed by atoms with van der Waals surface area (Å²) in [7, 11) is 0. The van der Waals surface area contributed by atoms with Crippen molar-refractivity contribution >= 4 is 6.08 Å². The minimum Gasteiger partial charge on any atom is -0.416 e. The molecule has 0 spiro atoms. The zero-order valence-corrected chi connectivity index (χ0v) is 6.78. The first-order valence-corrected chi connectivity index (χ1v) is 4.05. The van der Waals surface area contributed by atoms with Crippen molar-refractivity contribution in [1.82, 2.24) is 10.2 Å². The molecule has 0 amide bonds. The van der Waals surface area contributed by atoms with Crippen molar-refractivity contribution in [3.8, 4) is 0 Å². The third-order valence-corrected chi connectivity index (χ3v) is 1.78. The van der Waals surface area contributed by atoms with Gasteiger partial charge in [-0.05, 0) is 24.8 Å². The molecule has 13 heavy (non-hydrogen) atoms. The number of rotatable bonds is 3. The van der Waals surface area contributed by atoms with Gasteiger partial charge in [0.15, 0.2) is 0 Å². The molecule has 0 saturated heterocycles. The van der Waals surface area contributed by atoms with Crippen LogP contribution in [0.2, 0.25) is 0 Å². The summed E-state index contributed by atoms with van der Waals surface area (Å²) < 4.78 is 28.6. The molecule has 0 radical (unpaired) electrons. The van der Waals surface area contributed by atoms with E-state index >= 15 is 0 Å². The SMILES string of the molecule is FC(F)c1nnc(/C=C/C2CC2)o1. The molecule has 0 aliphatic heterocycles. The van der Waals surface area contributed by atoms with Crippen LogP contribution in [0.3, 0.4) is 0 Å². The number of alkyl halides is 2. The molecule has 1 fully saturated rings. The topological polar surface area (TPSA) is 38.9 Å². The van der Waals surface area contributed by atoms with Gasteiger partial charge >= 0.3 is 6.43 Å². The highest BCUT2D eigenvalue weighted by molar-refractivity contribution is 5.38. The quantitative estimate of drug-likeness (QED) is 0.727. The number of hydrogen-bond donors (Lipinski definition) is 0. The van der Waals surface area contributed by atoms with Gasteiger partial charge in [-0.2, -0.15) is 8.78 Å². The van der Waals surface area contributed by atoms with Gasteiger partial charge in [0, 0.05) is 0 Å². The van der Waals surface area contributed by atoms with E-state index in [0.717, 1.165) is 12.8 Å². The summed E-state index contributed by atoms with van der Waals surface area (Å²) in [6.07, 6.45) is 3.13. The van der Waals surface area contributed by atoms with E-state index in [9.17, 15) is 8.78 Å². The Kier molecular flexibility index (Phi) is 2.08. The maximum atomic E-state index is 12.0. The molecule has 1 aromatic heterocycles. The Morgan fingerprint density at radius 3 is 2.69 bits per heavy atom. The van der Waals surface area contributed by atoms with Crippen molar-refractivity contribution in [3.63, 3.8) is 0 Å². The van der Waals surface area contributed by atoms with E-state index in [1.165, 1.54) is 0 Å². The van der Waals surface area contributed by atoms with Gasteiger partial charge < -0.3 is 4.42 Å². The van der Waals surface area contributed by atoms with Crippen LogP contribution < -0.4 is 0 Å². The van der Waals surface area contributed by atoms with E-state index in [1.54, 1.807) is 6.08 Å². The number of aromatic nitrogens is 2. The van der Waals surface area contributed by atoms with Gasteiger partial charge in [-0.25, -0.2) is 0 Å². The minimum atomic E-state index is -2.68. The zero-order chi connectivity index (χ0) is 9.26. The average Bonchev–Trinajstić information content (AvgIpc) is 2.79. The second-order valence-corrected chi connectivity index (χ2v) is 2.98. The molecule has 0 aromatic carbocycles. The first kappa shape index (κ1) is 8.34. The molecule has 1 aliphatic rings. The monoisotopic (exact) mass is 186 g/mol. The van der Waals surface area contributed by atoms with Crippen LogP contribution in [0.5, 0.6) is 0 Å². The Hall–Kier alpha value is -1.26. The summed E-state index contributed by atoms with van der Waals surface area (Å²) >= 11 is 0. The van der Waals surface area contributed by atoms with Gasteiger partial charge in [-0.15, -0.1) is 10.2 Å². The van der Waals surface area contributed by atoms with Crippen molar-refractivity contribution in [3.05, 3.63) is 17.9 Å². The normalized spacial score (nSPS) is 17.5. The molecule has 1 heterocycles. The fraction of sp³-hybridized carbons (Fsp3) is 0.500. The predicted molar refractivity (Wildman–Crippen MR) is 41.0 cm³/mol. The van der Waals surface area contributed by atoms with Crippen LogP contribution >= 0.6 is 0 Å². The zero-order valence-electron chi connectivity index (χ0n) is 6.78. The van der Waals surface area contributed by atoms with Crippen molar-refractivity contribution in [2.75, 3.05) is 0 Å². The van der Waals surface area contributed by atoms with E-state index < -0.39 is 12.3 Å². The molecule has 0 atom stereocenters. The second-order valence-electron chi connectivity index (χ2n) is 2.98. The summed E-state index contributed by atoms with van der Waals surface area (Å²) in [5, 5.41) is 6.65. The third-order valence-electron chi connectivity index (χ3n) is 1.78. The molecule has 0 N–H and O–H groups in total. The average molecular weight is 186 g/mol. The van der Waals surface area contributed by atoms with E-state index in [0.29, 0.717) is 5.92 Å². The van der Waals surface area contributed by atoms with E-state index in [4.69, 9.17) is 0 Å². The Morgan fingerprint density at radius 2 is 2.15 bits per heavy atom. The molecule has 3 nitrogen and oxygen atoms in total. The Morgan fingerprint density at radius 1 is 1.38 bits per heavy atom. The van der Waals surface area contributed by atoms with Crippen LogP contribution in [-0.2, 0) is 0 Å². The van der Waals surface area contributed by atoms with Crippen LogP contribution in [-0.4, -0.2) is 10.2 Å². The van der Waals surface area contributed by atoms with E-state index in [2.05, 4.69) is 14.6 Å². The molecular weight excluding hydrogens is 178 g/mol. The van der Waals surface area contributed by atoms with Gasteiger partial charge in [0.05, 0.1) is 0 Å². The maximum absolute atomic E-state index is 12.0. The van der Waals surface area contributed by atoms with Crippen molar-refractivity contribution in [2.24, 2.45) is 5.92 Å². The van der Waals surface area contributed by atoms with Gasteiger partial charge in [-0.3, -0.25) is 0 Å². The van der Waals surface area contributed by atoms with Gasteiger partial charge in [0.2, 0.25) is 5.89 Å². The molecular formula is C8H8F2N2O. The van der Waals surface area contributed by atoms with Crippen LogP contribution in [0, 0.1) is 5.92 Å². The molecule has 1 aliphatic carbocycles. The van der Waals surface area contributed by atoms with Gasteiger partial charge in [-0.1, -0.05) is 6.08 Å². The lowest BCUT2D eigenvalue weighted by Gasteiger charge is -1.85. The molecule has 1 saturated carbocycles. The second kappa shape index (κ2) is 3.24. The maximum Gasteiger partial charge on any atom is 0.314 e. The molecule has 2 rings (SSSR count). The van der Waals surface area contributed by atoms with Crippen molar-refractivity contribution in [2.45, 2.75) is 19.3 Å². The summed E-state index contributed by atoms with van der Waals surface area (Å²) in [5.74, 6) is 0.111. The smallest absolute Gasteiger partial charge is 0.314 e. The number of halogens is 2. The third kappa shape index (κ3) is 2.11. The highest BCUT2D eigenvalue weighted by Crippen LogP contribution is 2.30. The fourth-order valence-electron chi connectivity index (χ4n) is 0.909. The summed E-state index contributed by atoms with van der Waals surface area (Å²) in [4.78, 5) is 0. The predicted octanol–water partition coefficient (Wildman–Crippen LogP) is 2.43. The fourth-order valence-corrected chi connectivity index (χ4v) is 0.909. The van der Waals surface area contributed by atoms with Crippen molar-refractivity contribution in [1.29, 1.82) is 0 Å². The highest BCUT2D eigenvalue weighted by atomic mass is 19.3. The minimum absolute atomic E-state index is 0.155. The summed E-state index contributed by atoms with van der Waals surface area (Å²) in [6.45, 7) is 0. The number of hydrogen-bond acceptors (Lipinski definition) is 3. The summed E-state index contributed by atoms with van der Waals surface area (Å²) in [6, 6.07) is 0. The molecule has 0 bridgehead atoms. The lowest BCUT2D eigenvalue weighted by atomic mass is 10.4. The van der Waals surface area contributed by atoms with Gasteiger partial charge in [0.1, 0.15) is 0 Å². The number of allylic oxidation sites excluding steroid dienone is 1. The van der Waals surface area contributed by atoms with E-state index in [-0.39, 0.29) is 5.89 Å². The lowest BCUT2D eigenvalue weighted by molar-refractivity contribution is 0.114.